The van der Waals surface area contributed by atoms with Crippen molar-refractivity contribution in [2.24, 2.45) is 11.8 Å². The highest BCUT2D eigenvalue weighted by molar-refractivity contribution is 4.97. The maximum absolute atomic E-state index is 3.79. The Morgan fingerprint density at radius 2 is 1.63 bits per heavy atom. The molecule has 1 aliphatic carbocycles. The molecule has 5 atom stereocenters. The first-order valence-corrected chi connectivity index (χ1v) is 8.69. The van der Waals surface area contributed by atoms with Gasteiger partial charge in [0.2, 0.25) is 0 Å². The Morgan fingerprint density at radius 1 is 0.947 bits per heavy atom. The van der Waals surface area contributed by atoms with Crippen molar-refractivity contribution in [3.05, 3.63) is 0 Å². The maximum atomic E-state index is 3.79. The second kappa shape index (κ2) is 5.73. The molecule has 0 aromatic heterocycles. The van der Waals surface area contributed by atoms with Gasteiger partial charge in [-0.25, -0.2) is 0 Å². The third kappa shape index (κ3) is 2.85. The molecular weight excluding hydrogens is 232 g/mol. The Morgan fingerprint density at radius 3 is 2.21 bits per heavy atom. The molecule has 2 heteroatoms. The molecule has 3 rings (SSSR count). The lowest BCUT2D eigenvalue weighted by atomic mass is 9.78. The molecule has 0 radical (unpaired) electrons. The number of hydrogen-bond acceptors (Lipinski definition) is 2. The Bertz CT molecular complexity index is 292. The van der Waals surface area contributed by atoms with Gasteiger partial charge in [0, 0.05) is 24.2 Å². The van der Waals surface area contributed by atoms with Crippen LogP contribution in [-0.4, -0.2) is 35.6 Å². The number of hydrogen-bond donors (Lipinski definition) is 1. The van der Waals surface area contributed by atoms with Crippen molar-refractivity contribution in [1.82, 2.24) is 10.2 Å². The van der Waals surface area contributed by atoms with Crippen molar-refractivity contribution in [1.29, 1.82) is 0 Å². The summed E-state index contributed by atoms with van der Waals surface area (Å²) in [6.07, 6.45) is 10.00. The van der Waals surface area contributed by atoms with E-state index in [1.807, 2.05) is 0 Å². The Hall–Kier alpha value is -0.0800. The van der Waals surface area contributed by atoms with E-state index in [4.69, 9.17) is 0 Å². The second-order valence-electron chi connectivity index (χ2n) is 7.56. The maximum Gasteiger partial charge on any atom is 0.0128 e. The zero-order valence-electron chi connectivity index (χ0n) is 13.1. The average molecular weight is 264 g/mol. The molecule has 2 aliphatic heterocycles. The van der Waals surface area contributed by atoms with Gasteiger partial charge in [-0.2, -0.15) is 0 Å². The molecule has 5 unspecified atom stereocenters. The van der Waals surface area contributed by atoms with Crippen molar-refractivity contribution < 1.29 is 0 Å². The fourth-order valence-electron chi connectivity index (χ4n) is 5.20. The quantitative estimate of drug-likeness (QED) is 0.840. The Labute approximate surface area is 119 Å². The van der Waals surface area contributed by atoms with E-state index >= 15 is 0 Å². The first-order chi connectivity index (χ1) is 9.17. The van der Waals surface area contributed by atoms with Gasteiger partial charge in [-0.3, -0.25) is 4.90 Å². The van der Waals surface area contributed by atoms with Gasteiger partial charge in [0.15, 0.2) is 0 Å². The van der Waals surface area contributed by atoms with Gasteiger partial charge >= 0.3 is 0 Å². The molecule has 3 fully saturated rings. The van der Waals surface area contributed by atoms with Crippen molar-refractivity contribution >= 4 is 0 Å². The molecule has 1 saturated carbocycles. The lowest BCUT2D eigenvalue weighted by Gasteiger charge is -2.46. The Kier molecular flexibility index (Phi) is 4.19. The molecule has 110 valence electrons. The summed E-state index contributed by atoms with van der Waals surface area (Å²) < 4.78 is 0. The van der Waals surface area contributed by atoms with Crippen molar-refractivity contribution in [3.8, 4) is 0 Å². The fraction of sp³-hybridized carbons (Fsp3) is 1.00. The lowest BCUT2D eigenvalue weighted by molar-refractivity contribution is 0.0398. The average Bonchev–Trinajstić information content (AvgIpc) is 2.72. The zero-order valence-corrected chi connectivity index (χ0v) is 13.1. The van der Waals surface area contributed by atoms with E-state index in [-0.39, 0.29) is 0 Å². The second-order valence-corrected chi connectivity index (χ2v) is 7.56. The summed E-state index contributed by atoms with van der Waals surface area (Å²) in [5.41, 5.74) is 0. The van der Waals surface area contributed by atoms with Gasteiger partial charge in [-0.1, -0.05) is 20.8 Å². The van der Waals surface area contributed by atoms with E-state index in [0.29, 0.717) is 0 Å². The summed E-state index contributed by atoms with van der Waals surface area (Å²) in [7, 11) is 0. The number of nitrogens with zero attached hydrogens (tertiary/aromatic N) is 1. The molecule has 2 bridgehead atoms. The van der Waals surface area contributed by atoms with Crippen LogP contribution in [0.4, 0.5) is 0 Å². The molecule has 0 aromatic carbocycles. The molecule has 1 N–H and O–H groups in total. The van der Waals surface area contributed by atoms with Crippen LogP contribution in [-0.2, 0) is 0 Å². The summed E-state index contributed by atoms with van der Waals surface area (Å²) in [6.45, 7) is 8.58. The summed E-state index contributed by atoms with van der Waals surface area (Å²) in [6, 6.07) is 3.39. The minimum absolute atomic E-state index is 0.829. The topological polar surface area (TPSA) is 15.3 Å². The molecule has 3 aliphatic rings. The van der Waals surface area contributed by atoms with Gasteiger partial charge in [-0.05, 0) is 63.3 Å². The lowest BCUT2D eigenvalue weighted by Crippen LogP contribution is -2.54. The predicted octanol–water partition coefficient (Wildman–Crippen LogP) is 3.42. The number of nitrogens with one attached hydrogen (secondary N) is 1. The first kappa shape index (κ1) is 13.9. The van der Waals surface area contributed by atoms with Crippen molar-refractivity contribution in [2.75, 3.05) is 6.54 Å². The van der Waals surface area contributed by atoms with Crippen LogP contribution in [0, 0.1) is 11.8 Å². The van der Waals surface area contributed by atoms with E-state index in [0.717, 1.165) is 36.0 Å². The summed E-state index contributed by atoms with van der Waals surface area (Å²) in [4.78, 5) is 2.89. The van der Waals surface area contributed by atoms with Crippen LogP contribution in [0.3, 0.4) is 0 Å². The zero-order chi connectivity index (χ0) is 13.4. The van der Waals surface area contributed by atoms with Crippen molar-refractivity contribution in [3.63, 3.8) is 0 Å². The summed E-state index contributed by atoms with van der Waals surface area (Å²) in [5.74, 6) is 1.85. The van der Waals surface area contributed by atoms with Crippen LogP contribution in [0.1, 0.15) is 65.7 Å². The molecular formula is C17H32N2. The van der Waals surface area contributed by atoms with E-state index in [1.54, 1.807) is 0 Å². The van der Waals surface area contributed by atoms with Crippen LogP contribution in [0.15, 0.2) is 0 Å². The van der Waals surface area contributed by atoms with Gasteiger partial charge in [0.1, 0.15) is 0 Å². The molecule has 2 nitrogen and oxygen atoms in total. The summed E-state index contributed by atoms with van der Waals surface area (Å²) in [5, 5.41) is 3.79. The normalized spacial score (nSPS) is 46.7. The predicted molar refractivity (Wildman–Crippen MR) is 81.3 cm³/mol. The third-order valence-corrected chi connectivity index (χ3v) is 6.09. The molecule has 2 saturated heterocycles. The number of rotatable bonds is 3. The van der Waals surface area contributed by atoms with Crippen LogP contribution in [0.25, 0.3) is 0 Å². The van der Waals surface area contributed by atoms with Crippen LogP contribution >= 0.6 is 0 Å². The molecule has 2 heterocycles. The monoisotopic (exact) mass is 264 g/mol. The standard InChI is InChI=1S/C17H32N2/c1-4-19(17-8-5-12(2)9-13(17)3)16-10-14-6-7-15(11-16)18-14/h12-18H,4-11H2,1-3H3. The van der Waals surface area contributed by atoms with Gasteiger partial charge in [-0.15, -0.1) is 0 Å². The largest absolute Gasteiger partial charge is 0.311 e. The van der Waals surface area contributed by atoms with Gasteiger partial charge in [0.05, 0.1) is 0 Å². The van der Waals surface area contributed by atoms with Crippen molar-refractivity contribution in [2.45, 2.75) is 89.9 Å². The Balaban J connectivity index is 1.66. The molecule has 0 aromatic rings. The van der Waals surface area contributed by atoms with Gasteiger partial charge in [0.25, 0.3) is 0 Å². The third-order valence-electron chi connectivity index (χ3n) is 6.09. The minimum Gasteiger partial charge on any atom is -0.311 e. The van der Waals surface area contributed by atoms with Crippen LogP contribution in [0.2, 0.25) is 0 Å². The fourth-order valence-corrected chi connectivity index (χ4v) is 5.20. The molecule has 0 spiro atoms. The number of piperidine rings is 1. The summed E-state index contributed by atoms with van der Waals surface area (Å²) >= 11 is 0. The van der Waals surface area contributed by atoms with E-state index in [9.17, 15) is 0 Å². The number of fused-ring (bicyclic) bond motifs is 2. The van der Waals surface area contributed by atoms with Gasteiger partial charge < -0.3 is 5.32 Å². The minimum atomic E-state index is 0.829. The first-order valence-electron chi connectivity index (χ1n) is 8.69. The van der Waals surface area contributed by atoms with E-state index in [1.165, 1.54) is 51.5 Å². The highest BCUT2D eigenvalue weighted by Crippen LogP contribution is 2.36. The van der Waals surface area contributed by atoms with Crippen LogP contribution < -0.4 is 5.32 Å². The van der Waals surface area contributed by atoms with Crippen LogP contribution in [0.5, 0.6) is 0 Å². The highest BCUT2D eigenvalue weighted by atomic mass is 15.2. The highest BCUT2D eigenvalue weighted by Gasteiger charge is 2.39. The molecule has 0 amide bonds. The SMILES string of the molecule is CCN(C1CC2CCC(C1)N2)C1CCC(C)CC1C. The molecule has 19 heavy (non-hydrogen) atoms. The van der Waals surface area contributed by atoms with E-state index < -0.39 is 0 Å². The van der Waals surface area contributed by atoms with E-state index in [2.05, 4.69) is 31.0 Å². The smallest absolute Gasteiger partial charge is 0.0128 e.